The third-order valence-corrected chi connectivity index (χ3v) is 14.4. The minimum atomic E-state index is -3.71. The van der Waals surface area contributed by atoms with E-state index in [2.05, 4.69) is 50.0 Å². The standard InChI is InChI=1S/C47H69FN6O8S/c1-27-20-38(28(2)29(3)47(27,5)6)49-46(58)43-41(30(4)56)40(26-55)62-54(43)24-36-37(48)19-18-35(44(36)61-11)32-21-33(23-34(22-32)53(9)10)45(57)50-39(25-52(7)8)42(51-63(12,59)60)31-16-14-13-15-17-31/h13-19,21-23,27-30,38-43,51,55-56H,20,24-26H2,1-12H3,(H,49,58)(H,50,57)/t27-,28+,29+,30+,38+,39-,40+,41-,42+,43+/m1/s1. The van der Waals surface area contributed by atoms with Gasteiger partial charge in [-0.25, -0.2) is 17.5 Å². The van der Waals surface area contributed by atoms with E-state index in [4.69, 9.17) is 9.57 Å². The molecule has 0 radical (unpaired) electrons. The van der Waals surface area contributed by atoms with E-state index in [1.54, 1.807) is 49.4 Å². The molecule has 0 unspecified atom stereocenters. The van der Waals surface area contributed by atoms with Crippen LogP contribution in [-0.2, 0) is 26.2 Å². The Balaban J connectivity index is 1.53. The molecule has 3 aromatic carbocycles. The highest BCUT2D eigenvalue weighted by atomic mass is 32.2. The van der Waals surface area contributed by atoms with Gasteiger partial charge in [0.05, 0.1) is 44.7 Å². The highest BCUT2D eigenvalue weighted by Gasteiger charge is 2.51. The number of aliphatic hydroxyl groups is 2. The molecular formula is C47H69FN6O8S. The fraction of sp³-hybridized carbons (Fsp3) is 0.574. The van der Waals surface area contributed by atoms with Crippen molar-refractivity contribution in [3.05, 3.63) is 83.2 Å². The lowest BCUT2D eigenvalue weighted by Gasteiger charge is -2.50. The minimum Gasteiger partial charge on any atom is -0.496 e. The van der Waals surface area contributed by atoms with Crippen molar-refractivity contribution < 1.29 is 42.2 Å². The largest absolute Gasteiger partial charge is 0.496 e. The monoisotopic (exact) mass is 896 g/mol. The third-order valence-electron chi connectivity index (χ3n) is 13.7. The molecule has 0 spiro atoms. The Bertz CT molecular complexity index is 2170. The Morgan fingerprint density at radius 3 is 2.29 bits per heavy atom. The summed E-state index contributed by atoms with van der Waals surface area (Å²) in [6.45, 7) is 12.1. The van der Waals surface area contributed by atoms with E-state index in [-0.39, 0.29) is 46.7 Å². The summed E-state index contributed by atoms with van der Waals surface area (Å²) in [4.78, 5) is 38.7. The molecule has 1 aliphatic heterocycles. The summed E-state index contributed by atoms with van der Waals surface area (Å²) in [5.41, 5.74) is 2.68. The number of anilines is 1. The zero-order valence-electron chi connectivity index (χ0n) is 38.8. The number of hydrogen-bond donors (Lipinski definition) is 5. The molecule has 63 heavy (non-hydrogen) atoms. The zero-order chi connectivity index (χ0) is 46.7. The van der Waals surface area contributed by atoms with Gasteiger partial charge in [0.1, 0.15) is 23.7 Å². The second kappa shape index (κ2) is 20.3. The van der Waals surface area contributed by atoms with Crippen molar-refractivity contribution in [2.24, 2.45) is 29.1 Å². The summed E-state index contributed by atoms with van der Waals surface area (Å²) in [5, 5.41) is 29.1. The molecule has 1 saturated heterocycles. The summed E-state index contributed by atoms with van der Waals surface area (Å²) >= 11 is 0. The first-order chi connectivity index (χ1) is 29.5. The lowest BCUT2D eigenvalue weighted by Crippen LogP contribution is -2.56. The van der Waals surface area contributed by atoms with Gasteiger partial charge in [-0.05, 0) is 92.1 Å². The van der Waals surface area contributed by atoms with E-state index in [1.807, 2.05) is 50.1 Å². The van der Waals surface area contributed by atoms with E-state index in [9.17, 15) is 28.2 Å². The van der Waals surface area contributed by atoms with Crippen LogP contribution in [0.1, 0.15) is 75.5 Å². The molecule has 10 atom stereocenters. The van der Waals surface area contributed by atoms with Gasteiger partial charge >= 0.3 is 0 Å². The van der Waals surface area contributed by atoms with Gasteiger partial charge in [-0.15, -0.1) is 0 Å². The van der Waals surface area contributed by atoms with Crippen LogP contribution in [0.25, 0.3) is 11.1 Å². The second-order valence-corrected chi connectivity index (χ2v) is 20.6. The summed E-state index contributed by atoms with van der Waals surface area (Å²) < 4.78 is 50.2. The normalized spacial score (nSPS) is 25.3. The Morgan fingerprint density at radius 1 is 1.05 bits per heavy atom. The van der Waals surface area contributed by atoms with Crippen LogP contribution in [0.2, 0.25) is 0 Å². The van der Waals surface area contributed by atoms with Crippen LogP contribution >= 0.6 is 0 Å². The number of benzene rings is 3. The van der Waals surface area contributed by atoms with Crippen LogP contribution in [-0.4, -0.2) is 125 Å². The number of aliphatic hydroxyl groups excluding tert-OH is 2. The van der Waals surface area contributed by atoms with Gasteiger partial charge in [0, 0.05) is 55.0 Å². The number of carbonyl (C=O) groups is 2. The van der Waals surface area contributed by atoms with Crippen molar-refractivity contribution in [3.8, 4) is 16.9 Å². The lowest BCUT2D eigenvalue weighted by molar-refractivity contribution is -0.182. The molecule has 16 heteroatoms. The summed E-state index contributed by atoms with van der Waals surface area (Å²) in [6, 6.07) is 14.4. The molecule has 14 nitrogen and oxygen atoms in total. The molecule has 0 bridgehead atoms. The lowest BCUT2D eigenvalue weighted by atomic mass is 9.58. The molecule has 5 N–H and O–H groups in total. The molecule has 1 aliphatic carbocycles. The smallest absolute Gasteiger partial charge is 0.251 e. The number of ether oxygens (including phenoxy) is 1. The highest BCUT2D eigenvalue weighted by Crippen LogP contribution is 2.48. The predicted octanol–water partition coefficient (Wildman–Crippen LogP) is 4.81. The molecule has 1 heterocycles. The molecule has 2 amide bonds. The number of likely N-dealkylation sites (N-methyl/N-ethyl adjacent to an activating group) is 1. The molecule has 348 valence electrons. The highest BCUT2D eigenvalue weighted by molar-refractivity contribution is 7.88. The van der Waals surface area contributed by atoms with Gasteiger partial charge < -0.3 is 35.4 Å². The average Bonchev–Trinajstić information content (AvgIpc) is 3.60. The molecular weight excluding hydrogens is 828 g/mol. The number of carbonyl (C=O) groups excluding carboxylic acids is 2. The van der Waals surface area contributed by atoms with Crippen LogP contribution in [0.5, 0.6) is 5.75 Å². The number of nitrogens with zero attached hydrogens (tertiary/aromatic N) is 3. The SMILES string of the molecule is COc1c(-c2cc(C(=O)N[C@H](CN(C)C)[C@@H](NS(C)(=O)=O)c3ccccc3)cc(N(C)C)c2)ccc(F)c1CN1O[C@@H](CO)[C@@H]([C@H](C)O)[C@H]1C(=O)N[C@H]1C[C@@H](C)C(C)(C)[C@@H](C)[C@@H]1C. The molecule has 5 rings (SSSR count). The van der Waals surface area contributed by atoms with E-state index in [0.717, 1.165) is 12.7 Å². The molecule has 2 aliphatic rings. The number of hydrogen-bond acceptors (Lipinski definition) is 11. The first-order valence-electron chi connectivity index (χ1n) is 21.7. The Kier molecular flexibility index (Phi) is 16.1. The Hall–Kier alpha value is -4.16. The van der Waals surface area contributed by atoms with Crippen LogP contribution in [0.3, 0.4) is 0 Å². The number of methoxy groups -OCH3 is 1. The van der Waals surface area contributed by atoms with Gasteiger partial charge in [-0.1, -0.05) is 65.0 Å². The fourth-order valence-corrected chi connectivity index (χ4v) is 10.1. The average molecular weight is 897 g/mol. The van der Waals surface area contributed by atoms with Crippen molar-refractivity contribution in [1.82, 2.24) is 25.3 Å². The van der Waals surface area contributed by atoms with E-state index < -0.39 is 64.6 Å². The quantitative estimate of drug-likeness (QED) is 0.126. The molecule has 2 fully saturated rings. The Morgan fingerprint density at radius 2 is 1.71 bits per heavy atom. The van der Waals surface area contributed by atoms with Crippen molar-refractivity contribution >= 4 is 27.5 Å². The fourth-order valence-electron chi connectivity index (χ4n) is 9.38. The Labute approximate surface area is 373 Å². The van der Waals surface area contributed by atoms with Crippen molar-refractivity contribution in [3.63, 3.8) is 0 Å². The maximum absolute atomic E-state index is 16.2. The first-order valence-corrected chi connectivity index (χ1v) is 23.6. The van der Waals surface area contributed by atoms with Gasteiger partial charge in [0.25, 0.3) is 5.91 Å². The molecule has 0 aromatic heterocycles. The second-order valence-electron chi connectivity index (χ2n) is 18.8. The molecule has 3 aromatic rings. The summed E-state index contributed by atoms with van der Waals surface area (Å²) in [7, 11) is 5.02. The van der Waals surface area contributed by atoms with Gasteiger partial charge in [-0.2, -0.15) is 5.06 Å². The zero-order valence-corrected chi connectivity index (χ0v) is 39.7. The summed E-state index contributed by atoms with van der Waals surface area (Å²) in [6.07, 6.45) is -0.155. The van der Waals surface area contributed by atoms with Gasteiger partial charge in [-0.3, -0.25) is 14.4 Å². The maximum atomic E-state index is 16.2. The van der Waals surface area contributed by atoms with Gasteiger partial charge in [0.2, 0.25) is 15.9 Å². The van der Waals surface area contributed by atoms with E-state index in [1.165, 1.54) is 18.2 Å². The van der Waals surface area contributed by atoms with Crippen LogP contribution < -0.4 is 25.0 Å². The maximum Gasteiger partial charge on any atom is 0.251 e. The van der Waals surface area contributed by atoms with Crippen LogP contribution in [0, 0.1) is 34.9 Å². The van der Waals surface area contributed by atoms with Crippen molar-refractivity contribution in [2.75, 3.05) is 59.6 Å². The number of nitrogens with one attached hydrogen (secondary N) is 3. The third kappa shape index (κ3) is 11.4. The first kappa shape index (κ1) is 49.8. The predicted molar refractivity (Wildman–Crippen MR) is 244 cm³/mol. The number of hydroxylamine groups is 2. The topological polar surface area (TPSA) is 173 Å². The van der Waals surface area contributed by atoms with E-state index >= 15 is 4.39 Å². The minimum absolute atomic E-state index is 0.0654. The van der Waals surface area contributed by atoms with Crippen LogP contribution in [0.15, 0.2) is 60.7 Å². The molecule has 1 saturated carbocycles. The number of halogens is 1. The summed E-state index contributed by atoms with van der Waals surface area (Å²) in [5.74, 6) is -1.40. The van der Waals surface area contributed by atoms with E-state index in [0.29, 0.717) is 40.8 Å². The van der Waals surface area contributed by atoms with Crippen molar-refractivity contribution in [2.45, 2.75) is 90.9 Å². The number of sulfonamides is 1. The van der Waals surface area contributed by atoms with Gasteiger partial charge in [0.15, 0.2) is 0 Å². The number of amides is 2. The van der Waals surface area contributed by atoms with Crippen molar-refractivity contribution in [1.29, 1.82) is 0 Å². The van der Waals surface area contributed by atoms with Crippen LogP contribution in [0.4, 0.5) is 10.1 Å². The number of rotatable bonds is 17.